The molecule has 2 amide bonds. The minimum Gasteiger partial charge on any atom is -0.317 e. The molecule has 4 rings (SSSR count). The van der Waals surface area contributed by atoms with Crippen molar-refractivity contribution in [1.82, 2.24) is 10.2 Å². The Bertz CT molecular complexity index is 1040. The van der Waals surface area contributed by atoms with Crippen molar-refractivity contribution in [3.63, 3.8) is 0 Å². The Hall–Kier alpha value is -2.45. The summed E-state index contributed by atoms with van der Waals surface area (Å²) in [4.78, 5) is 27.5. The minimum atomic E-state index is -4.54. The molecule has 30 heavy (non-hydrogen) atoms. The van der Waals surface area contributed by atoms with Gasteiger partial charge >= 0.3 is 6.18 Å². The maximum absolute atomic E-state index is 13.2. The Kier molecular flexibility index (Phi) is 5.32. The van der Waals surface area contributed by atoms with Gasteiger partial charge in [0, 0.05) is 21.7 Å². The van der Waals surface area contributed by atoms with Gasteiger partial charge in [-0.2, -0.15) is 13.2 Å². The molecule has 0 saturated carbocycles. The predicted octanol–water partition coefficient (Wildman–Crippen LogP) is 4.74. The Morgan fingerprint density at radius 2 is 1.80 bits per heavy atom. The monoisotopic (exact) mass is 478 g/mol. The first kappa shape index (κ1) is 20.8. The highest BCUT2D eigenvalue weighted by Crippen LogP contribution is 2.48. The minimum absolute atomic E-state index is 0.122. The smallest absolute Gasteiger partial charge is 0.317 e. The van der Waals surface area contributed by atoms with Crippen LogP contribution in [0.15, 0.2) is 53.0 Å². The molecule has 2 aliphatic rings. The van der Waals surface area contributed by atoms with E-state index in [-0.39, 0.29) is 5.56 Å². The number of alkyl halides is 3. The summed E-state index contributed by atoms with van der Waals surface area (Å²) in [7, 11) is 0. The van der Waals surface area contributed by atoms with Gasteiger partial charge < -0.3 is 5.32 Å². The molecule has 1 saturated heterocycles. The number of nitrogens with zero attached hydrogens (tertiary/aromatic N) is 1. The number of hydrogen-bond donors (Lipinski definition) is 1. The van der Waals surface area contributed by atoms with E-state index >= 15 is 0 Å². The van der Waals surface area contributed by atoms with Crippen LogP contribution in [0.5, 0.6) is 0 Å². The van der Waals surface area contributed by atoms with Gasteiger partial charge in [0.2, 0.25) is 0 Å². The van der Waals surface area contributed by atoms with Crippen molar-refractivity contribution in [1.29, 1.82) is 0 Å². The number of amides is 2. The molecule has 0 radical (unpaired) electrons. The molecule has 1 fully saturated rings. The lowest BCUT2D eigenvalue weighted by Crippen LogP contribution is -2.52. The van der Waals surface area contributed by atoms with Gasteiger partial charge in [0.1, 0.15) is 0 Å². The van der Waals surface area contributed by atoms with Gasteiger partial charge in [-0.3, -0.25) is 14.5 Å². The number of halogens is 4. The number of rotatable bonds is 2. The third kappa shape index (κ3) is 3.37. The van der Waals surface area contributed by atoms with Crippen LogP contribution in [0.2, 0.25) is 0 Å². The van der Waals surface area contributed by atoms with Crippen LogP contribution in [0.25, 0.3) is 6.08 Å². The molecule has 0 aliphatic carbocycles. The number of imide groups is 1. The van der Waals surface area contributed by atoms with E-state index < -0.39 is 29.1 Å². The molecule has 1 spiro atoms. The topological polar surface area (TPSA) is 49.4 Å². The molecule has 4 nitrogen and oxygen atoms in total. The Balaban J connectivity index is 1.74. The molecular weight excluding hydrogens is 461 g/mol. The molecule has 8 heteroatoms. The van der Waals surface area contributed by atoms with Crippen molar-refractivity contribution in [3.05, 3.63) is 75.3 Å². The summed E-state index contributed by atoms with van der Waals surface area (Å²) < 4.78 is 40.5. The summed E-state index contributed by atoms with van der Waals surface area (Å²) in [6.45, 7) is 1.25. The summed E-state index contributed by atoms with van der Waals surface area (Å²) in [6.07, 6.45) is -1.28. The zero-order valence-corrected chi connectivity index (χ0v) is 17.4. The molecule has 2 heterocycles. The lowest BCUT2D eigenvalue weighted by Gasteiger charge is -2.41. The first-order valence-corrected chi connectivity index (χ1v) is 10.3. The normalized spacial score (nSPS) is 18.3. The molecule has 0 atom stereocenters. The second-order valence-electron chi connectivity index (χ2n) is 7.34. The van der Waals surface area contributed by atoms with Gasteiger partial charge in [-0.15, -0.1) is 0 Å². The van der Waals surface area contributed by atoms with Gasteiger partial charge in [-0.05, 0) is 55.8 Å². The van der Waals surface area contributed by atoms with Crippen molar-refractivity contribution in [2.75, 3.05) is 13.1 Å². The SMILES string of the molecule is O=C(/C=C/c1ccccc1C(F)(F)F)N1C(=O)c2cccc(Br)c2C12CCNCC2. The van der Waals surface area contributed by atoms with Gasteiger partial charge in [-0.1, -0.05) is 40.2 Å². The summed E-state index contributed by atoms with van der Waals surface area (Å²) in [6, 6.07) is 10.3. The number of fused-ring (bicyclic) bond motifs is 2. The first-order valence-electron chi connectivity index (χ1n) is 9.48. The summed E-state index contributed by atoms with van der Waals surface area (Å²) in [5, 5.41) is 3.23. The maximum Gasteiger partial charge on any atom is 0.416 e. The molecule has 2 aromatic rings. The van der Waals surface area contributed by atoms with E-state index in [0.717, 1.165) is 28.3 Å². The number of piperidine rings is 1. The number of benzene rings is 2. The highest BCUT2D eigenvalue weighted by Gasteiger charge is 2.53. The summed E-state index contributed by atoms with van der Waals surface area (Å²) in [5.74, 6) is -1.05. The van der Waals surface area contributed by atoms with Crippen LogP contribution >= 0.6 is 15.9 Å². The van der Waals surface area contributed by atoms with E-state index in [9.17, 15) is 22.8 Å². The third-order valence-electron chi connectivity index (χ3n) is 5.66. The van der Waals surface area contributed by atoms with E-state index in [1.165, 1.54) is 23.1 Å². The average molecular weight is 479 g/mol. The van der Waals surface area contributed by atoms with E-state index in [2.05, 4.69) is 21.2 Å². The zero-order chi connectivity index (χ0) is 21.5. The van der Waals surface area contributed by atoms with Crippen molar-refractivity contribution in [2.45, 2.75) is 24.6 Å². The van der Waals surface area contributed by atoms with Gasteiger partial charge in [0.25, 0.3) is 11.8 Å². The largest absolute Gasteiger partial charge is 0.416 e. The number of carbonyl (C=O) groups excluding carboxylic acids is 2. The van der Waals surface area contributed by atoms with E-state index in [1.54, 1.807) is 12.1 Å². The number of carbonyl (C=O) groups is 2. The van der Waals surface area contributed by atoms with Crippen LogP contribution in [0.3, 0.4) is 0 Å². The molecule has 0 unspecified atom stereocenters. The number of hydrogen-bond acceptors (Lipinski definition) is 3. The highest BCUT2D eigenvalue weighted by molar-refractivity contribution is 9.10. The Labute approximate surface area is 179 Å². The van der Waals surface area contributed by atoms with E-state index in [0.29, 0.717) is 31.5 Å². The van der Waals surface area contributed by atoms with Gasteiger partial charge in [0.05, 0.1) is 11.1 Å². The standard InChI is InChI=1S/C22H18BrF3N2O2/c23-17-7-3-5-15-19(17)21(10-12-27-13-11-21)28(20(15)30)18(29)9-8-14-4-1-2-6-16(14)22(24,25)26/h1-9,27H,10-13H2/b9-8+. The zero-order valence-electron chi connectivity index (χ0n) is 15.8. The lowest BCUT2D eigenvalue weighted by molar-refractivity contribution is -0.137. The second kappa shape index (κ2) is 7.67. The summed E-state index contributed by atoms with van der Waals surface area (Å²) in [5.41, 5.74) is -0.548. The quantitative estimate of drug-likeness (QED) is 0.634. The highest BCUT2D eigenvalue weighted by atomic mass is 79.9. The van der Waals surface area contributed by atoms with Crippen molar-refractivity contribution in [2.24, 2.45) is 0 Å². The maximum atomic E-state index is 13.2. The predicted molar refractivity (Wildman–Crippen MR) is 110 cm³/mol. The van der Waals surface area contributed by atoms with Gasteiger partial charge in [0.15, 0.2) is 0 Å². The van der Waals surface area contributed by atoms with Crippen molar-refractivity contribution < 1.29 is 22.8 Å². The molecule has 0 bridgehead atoms. The van der Waals surface area contributed by atoms with Crippen LogP contribution in [0.4, 0.5) is 13.2 Å². The Morgan fingerprint density at radius 1 is 1.10 bits per heavy atom. The van der Waals surface area contributed by atoms with Crippen LogP contribution < -0.4 is 5.32 Å². The first-order chi connectivity index (χ1) is 14.3. The summed E-state index contributed by atoms with van der Waals surface area (Å²) >= 11 is 3.52. The van der Waals surface area contributed by atoms with Crippen LogP contribution in [-0.2, 0) is 16.5 Å². The molecular formula is C22H18BrF3N2O2. The number of nitrogens with one attached hydrogen (secondary N) is 1. The molecule has 2 aromatic carbocycles. The fourth-order valence-electron chi connectivity index (χ4n) is 4.36. The van der Waals surface area contributed by atoms with E-state index in [4.69, 9.17) is 0 Å². The average Bonchev–Trinajstić information content (AvgIpc) is 2.95. The van der Waals surface area contributed by atoms with Crippen LogP contribution in [-0.4, -0.2) is 29.8 Å². The van der Waals surface area contributed by atoms with Crippen LogP contribution in [0, 0.1) is 0 Å². The fraction of sp³-hybridized carbons (Fsp3) is 0.273. The van der Waals surface area contributed by atoms with Crippen molar-refractivity contribution >= 4 is 33.8 Å². The molecule has 2 aliphatic heterocycles. The third-order valence-corrected chi connectivity index (χ3v) is 6.32. The lowest BCUT2D eigenvalue weighted by atomic mass is 9.81. The molecule has 156 valence electrons. The second-order valence-corrected chi connectivity index (χ2v) is 8.20. The Morgan fingerprint density at radius 3 is 2.50 bits per heavy atom. The van der Waals surface area contributed by atoms with E-state index in [1.807, 2.05) is 6.07 Å². The molecule has 1 N–H and O–H groups in total. The fourth-order valence-corrected chi connectivity index (χ4v) is 5.10. The van der Waals surface area contributed by atoms with Crippen LogP contribution in [0.1, 0.15) is 39.9 Å². The molecule has 0 aromatic heterocycles. The van der Waals surface area contributed by atoms with Gasteiger partial charge in [-0.25, -0.2) is 0 Å². The van der Waals surface area contributed by atoms with Crippen molar-refractivity contribution in [3.8, 4) is 0 Å².